The standard InChI is InChI=1S/C46H52N2O4/c1-3-27-47-28-26-46-37-24-25-38(45(46)52-44-41(51-2)30-40(49)35(43(44)46)29-39(37)47)48(42(50)23-15-5-10-18-32-16-8-4-9-17-32)31-36(33-19-11-6-12-20-33)34-21-13-7-14-22-34/h3-4,6-9,11-14,16-17,19-22,30,36-39,45,49H,1,5,10,15,18,23-29,31H2,2H3/t37-,38-,39+,45-,46-/m0/s1. The number of likely N-dealkylation sites (tertiary alicyclic amines) is 1. The van der Waals surface area contributed by atoms with E-state index in [2.05, 4.69) is 107 Å². The largest absolute Gasteiger partial charge is 0.508 e. The summed E-state index contributed by atoms with van der Waals surface area (Å²) in [7, 11) is 1.66. The van der Waals surface area contributed by atoms with E-state index < -0.39 is 0 Å². The fraction of sp³-hybridized carbons (Fsp3) is 0.413. The van der Waals surface area contributed by atoms with Crippen LogP contribution in [-0.4, -0.2) is 65.7 Å². The van der Waals surface area contributed by atoms with Gasteiger partial charge < -0.3 is 19.5 Å². The number of piperidine rings is 1. The molecular formula is C46H52N2O4. The molecule has 5 atom stereocenters. The van der Waals surface area contributed by atoms with Crippen LogP contribution >= 0.6 is 0 Å². The highest BCUT2D eigenvalue weighted by Gasteiger charge is 2.67. The molecule has 2 fully saturated rings. The summed E-state index contributed by atoms with van der Waals surface area (Å²) in [5.41, 5.74) is 5.61. The molecule has 0 radical (unpaired) electrons. The van der Waals surface area contributed by atoms with E-state index in [0.29, 0.717) is 30.4 Å². The highest BCUT2D eigenvalue weighted by molar-refractivity contribution is 5.77. The number of carbonyl (C=O) groups excluding carboxylic acids is 1. The zero-order valence-electron chi connectivity index (χ0n) is 30.5. The first kappa shape index (κ1) is 34.5. The first-order valence-electron chi connectivity index (χ1n) is 19.4. The Morgan fingerprint density at radius 2 is 1.69 bits per heavy atom. The topological polar surface area (TPSA) is 62.2 Å². The molecule has 2 bridgehead atoms. The van der Waals surface area contributed by atoms with Gasteiger partial charge in [0.25, 0.3) is 0 Å². The maximum atomic E-state index is 14.9. The number of ether oxygens (including phenoxy) is 2. The third kappa shape index (κ3) is 6.09. The number of phenolic OH excluding ortho intramolecular Hbond substituents is 1. The minimum Gasteiger partial charge on any atom is -0.508 e. The van der Waals surface area contributed by atoms with Crippen molar-refractivity contribution in [2.75, 3.05) is 26.7 Å². The Morgan fingerprint density at radius 1 is 1.00 bits per heavy atom. The predicted molar refractivity (Wildman–Crippen MR) is 206 cm³/mol. The van der Waals surface area contributed by atoms with Crippen LogP contribution in [0.15, 0.2) is 110 Å². The molecule has 4 aromatic carbocycles. The van der Waals surface area contributed by atoms with Crippen LogP contribution in [0.1, 0.15) is 78.7 Å². The predicted octanol–water partition coefficient (Wildman–Crippen LogP) is 8.46. The smallest absolute Gasteiger partial charge is 0.222 e. The van der Waals surface area contributed by atoms with Crippen molar-refractivity contribution in [3.05, 3.63) is 138 Å². The number of carbonyl (C=O) groups is 1. The summed E-state index contributed by atoms with van der Waals surface area (Å²) >= 11 is 0. The van der Waals surface area contributed by atoms with E-state index in [1.165, 1.54) is 16.7 Å². The molecule has 1 spiro atoms. The van der Waals surface area contributed by atoms with Crippen molar-refractivity contribution in [3.63, 3.8) is 0 Å². The normalized spacial score (nSPS) is 24.2. The number of hydrogen-bond acceptors (Lipinski definition) is 5. The summed E-state index contributed by atoms with van der Waals surface area (Å²) in [6, 6.07) is 33.9. The number of benzene rings is 4. The van der Waals surface area contributed by atoms with Crippen LogP contribution < -0.4 is 9.47 Å². The van der Waals surface area contributed by atoms with E-state index >= 15 is 0 Å². The summed E-state index contributed by atoms with van der Waals surface area (Å²) in [6.45, 7) is 6.43. The number of amides is 1. The summed E-state index contributed by atoms with van der Waals surface area (Å²) in [5.74, 6) is 2.25. The fourth-order valence-corrected chi connectivity index (χ4v) is 10.5. The van der Waals surface area contributed by atoms with Crippen molar-refractivity contribution in [1.29, 1.82) is 0 Å². The van der Waals surface area contributed by atoms with Crippen molar-refractivity contribution in [1.82, 2.24) is 9.80 Å². The van der Waals surface area contributed by atoms with Crippen LogP contribution in [0.5, 0.6) is 17.2 Å². The van der Waals surface area contributed by atoms with Crippen molar-refractivity contribution < 1.29 is 19.4 Å². The monoisotopic (exact) mass is 696 g/mol. The van der Waals surface area contributed by atoms with Gasteiger partial charge in [-0.05, 0) is 74.1 Å². The third-order valence-corrected chi connectivity index (χ3v) is 12.8. The van der Waals surface area contributed by atoms with Gasteiger partial charge in [-0.2, -0.15) is 0 Å². The van der Waals surface area contributed by atoms with Crippen molar-refractivity contribution >= 4 is 5.91 Å². The van der Waals surface area contributed by atoms with E-state index in [9.17, 15) is 9.90 Å². The SMILES string of the molecule is C=CCN1CC[C@]23c4c5c(O)cc(OC)c4O[C@H]2[C@@H](N(CC(c2ccccc2)c2ccccc2)C(=O)CCCCCc2ccccc2)CC[C@H]3[C@H]1C5. The second-order valence-corrected chi connectivity index (χ2v) is 15.4. The van der Waals surface area contributed by atoms with E-state index in [-0.39, 0.29) is 35.4 Å². The molecule has 6 heteroatoms. The number of aromatic hydroxyl groups is 1. The van der Waals surface area contributed by atoms with Crippen molar-refractivity contribution in [2.24, 2.45) is 5.92 Å². The summed E-state index contributed by atoms with van der Waals surface area (Å²) in [4.78, 5) is 19.7. The van der Waals surface area contributed by atoms with Gasteiger partial charge >= 0.3 is 0 Å². The van der Waals surface area contributed by atoms with E-state index in [1.54, 1.807) is 13.2 Å². The molecule has 2 aliphatic heterocycles. The van der Waals surface area contributed by atoms with E-state index in [4.69, 9.17) is 9.47 Å². The Kier molecular flexibility index (Phi) is 9.84. The number of aryl methyl sites for hydroxylation is 1. The molecule has 4 aromatic rings. The molecule has 52 heavy (non-hydrogen) atoms. The second-order valence-electron chi connectivity index (χ2n) is 15.4. The zero-order chi connectivity index (χ0) is 35.7. The third-order valence-electron chi connectivity index (χ3n) is 12.8. The molecule has 1 amide bonds. The second kappa shape index (κ2) is 14.8. The van der Waals surface area contributed by atoms with Crippen LogP contribution in [0, 0.1) is 5.92 Å². The Bertz CT molecular complexity index is 1820. The molecule has 1 saturated carbocycles. The average molecular weight is 697 g/mol. The van der Waals surface area contributed by atoms with Crippen LogP contribution in [0.25, 0.3) is 0 Å². The average Bonchev–Trinajstić information content (AvgIpc) is 3.52. The quantitative estimate of drug-likeness (QED) is 0.106. The molecule has 1 saturated heterocycles. The maximum Gasteiger partial charge on any atom is 0.222 e. The molecule has 2 aliphatic carbocycles. The maximum absolute atomic E-state index is 14.9. The molecule has 0 unspecified atom stereocenters. The Morgan fingerprint density at radius 3 is 2.37 bits per heavy atom. The van der Waals surface area contributed by atoms with Gasteiger partial charge in [-0.3, -0.25) is 9.69 Å². The van der Waals surface area contributed by atoms with Gasteiger partial charge in [-0.15, -0.1) is 6.58 Å². The Labute approximate surface area is 309 Å². The molecule has 8 rings (SSSR count). The first-order chi connectivity index (χ1) is 25.5. The minimum absolute atomic E-state index is 0.0196. The minimum atomic E-state index is -0.302. The summed E-state index contributed by atoms with van der Waals surface area (Å²) in [5, 5.41) is 11.5. The molecule has 1 N–H and O–H groups in total. The van der Waals surface area contributed by atoms with Crippen molar-refractivity contribution in [2.45, 2.75) is 87.3 Å². The lowest BCUT2D eigenvalue weighted by Crippen LogP contribution is -2.69. The lowest BCUT2D eigenvalue weighted by atomic mass is 9.50. The van der Waals surface area contributed by atoms with Crippen LogP contribution in [0.2, 0.25) is 0 Å². The van der Waals surface area contributed by atoms with Gasteiger partial charge in [0.05, 0.1) is 13.2 Å². The van der Waals surface area contributed by atoms with Gasteiger partial charge in [-0.25, -0.2) is 0 Å². The molecule has 2 heterocycles. The molecule has 270 valence electrons. The number of rotatable bonds is 14. The number of unbranched alkanes of at least 4 members (excludes halogenated alkanes) is 2. The van der Waals surface area contributed by atoms with Gasteiger partial charge in [0.1, 0.15) is 11.9 Å². The van der Waals surface area contributed by atoms with E-state index in [0.717, 1.165) is 81.3 Å². The van der Waals surface area contributed by atoms with E-state index in [1.807, 2.05) is 6.08 Å². The highest BCUT2D eigenvalue weighted by Crippen LogP contribution is 2.65. The van der Waals surface area contributed by atoms with Crippen LogP contribution in [-0.2, 0) is 23.1 Å². The van der Waals surface area contributed by atoms with Crippen molar-refractivity contribution in [3.8, 4) is 17.2 Å². The fourth-order valence-electron chi connectivity index (χ4n) is 10.5. The van der Waals surface area contributed by atoms with Crippen LogP contribution in [0.3, 0.4) is 0 Å². The number of nitrogens with zero attached hydrogens (tertiary/aromatic N) is 2. The lowest BCUT2D eigenvalue weighted by Gasteiger charge is -2.60. The molecule has 6 nitrogen and oxygen atoms in total. The lowest BCUT2D eigenvalue weighted by molar-refractivity contribution is -0.143. The number of methoxy groups -OCH3 is 1. The van der Waals surface area contributed by atoms with Gasteiger partial charge in [-0.1, -0.05) is 103 Å². The van der Waals surface area contributed by atoms with Gasteiger partial charge in [0.2, 0.25) is 5.91 Å². The summed E-state index contributed by atoms with van der Waals surface area (Å²) < 4.78 is 13.1. The zero-order valence-corrected chi connectivity index (χ0v) is 30.5. The van der Waals surface area contributed by atoms with Crippen LogP contribution in [0.4, 0.5) is 0 Å². The molecule has 4 aliphatic rings. The molecular weight excluding hydrogens is 645 g/mol. The highest BCUT2D eigenvalue weighted by atomic mass is 16.5. The first-order valence-corrected chi connectivity index (χ1v) is 19.4. The Balaban J connectivity index is 1.15. The Hall–Kier alpha value is -4.55. The molecule has 0 aromatic heterocycles. The number of hydrogen-bond donors (Lipinski definition) is 1. The van der Waals surface area contributed by atoms with Gasteiger partial charge in [0.15, 0.2) is 11.5 Å². The number of phenols is 1. The summed E-state index contributed by atoms with van der Waals surface area (Å²) in [6.07, 6.45) is 9.86. The van der Waals surface area contributed by atoms with Gasteiger partial charge in [0, 0.05) is 54.1 Å².